The van der Waals surface area contributed by atoms with Crippen molar-refractivity contribution >= 4 is 6.09 Å². The minimum absolute atomic E-state index is 0.329. The molecule has 0 aromatic rings. The first-order valence-corrected chi connectivity index (χ1v) is 8.39. The van der Waals surface area contributed by atoms with E-state index in [2.05, 4.69) is 16.0 Å². The Balaban J connectivity index is 1.62. The van der Waals surface area contributed by atoms with Gasteiger partial charge in [-0.3, -0.25) is 0 Å². The van der Waals surface area contributed by atoms with Gasteiger partial charge in [0, 0.05) is 25.2 Å². The van der Waals surface area contributed by atoms with E-state index in [9.17, 15) is 4.79 Å². The van der Waals surface area contributed by atoms with Crippen LogP contribution < -0.4 is 16.0 Å². The molecule has 0 aromatic heterocycles. The molecular formula is C16H31N3O2. The number of nitrogens with one attached hydrogen (secondary N) is 3. The number of hydrogen-bond acceptors (Lipinski definition) is 4. The molecule has 5 nitrogen and oxygen atoms in total. The molecular weight excluding hydrogens is 266 g/mol. The van der Waals surface area contributed by atoms with Crippen LogP contribution in [0.1, 0.15) is 52.9 Å². The maximum absolute atomic E-state index is 11.6. The first-order chi connectivity index (χ1) is 9.96. The smallest absolute Gasteiger partial charge is 0.407 e. The summed E-state index contributed by atoms with van der Waals surface area (Å²) in [4.78, 5) is 11.6. The van der Waals surface area contributed by atoms with Crippen LogP contribution in [-0.4, -0.2) is 43.4 Å². The average molecular weight is 297 g/mol. The Morgan fingerprint density at radius 3 is 2.67 bits per heavy atom. The molecule has 2 aliphatic rings. The van der Waals surface area contributed by atoms with Gasteiger partial charge in [0.2, 0.25) is 0 Å². The molecule has 1 saturated heterocycles. The first kappa shape index (κ1) is 16.6. The van der Waals surface area contributed by atoms with E-state index in [1.54, 1.807) is 0 Å². The van der Waals surface area contributed by atoms with Gasteiger partial charge in [-0.2, -0.15) is 0 Å². The van der Waals surface area contributed by atoms with Gasteiger partial charge >= 0.3 is 6.09 Å². The van der Waals surface area contributed by atoms with Crippen LogP contribution in [0.4, 0.5) is 4.79 Å². The fraction of sp³-hybridized carbons (Fsp3) is 0.938. The van der Waals surface area contributed by atoms with Crippen LogP contribution >= 0.6 is 0 Å². The van der Waals surface area contributed by atoms with Gasteiger partial charge in [0.1, 0.15) is 5.60 Å². The van der Waals surface area contributed by atoms with E-state index in [0.717, 1.165) is 12.5 Å². The molecule has 1 aliphatic heterocycles. The first-order valence-electron chi connectivity index (χ1n) is 8.39. The number of ether oxygens (including phenoxy) is 1. The standard InChI is InChI=1S/C16H31N3O2/c1-16(2,3)21-15(20)19-11-10-18-13-7-4-6-12(13)14-8-5-9-17-14/h12-14,17-18H,4-11H2,1-3H3,(H,19,20). The molecule has 2 fully saturated rings. The monoisotopic (exact) mass is 297 g/mol. The lowest BCUT2D eigenvalue weighted by molar-refractivity contribution is 0.0527. The fourth-order valence-corrected chi connectivity index (χ4v) is 3.54. The van der Waals surface area contributed by atoms with E-state index >= 15 is 0 Å². The molecule has 1 aliphatic carbocycles. The lowest BCUT2D eigenvalue weighted by Gasteiger charge is -2.27. The summed E-state index contributed by atoms with van der Waals surface area (Å²) in [6.45, 7) is 8.24. The molecule has 0 bridgehead atoms. The van der Waals surface area contributed by atoms with E-state index in [-0.39, 0.29) is 6.09 Å². The van der Waals surface area contributed by atoms with Crippen LogP contribution in [0.5, 0.6) is 0 Å². The lowest BCUT2D eigenvalue weighted by atomic mass is 9.93. The highest BCUT2D eigenvalue weighted by molar-refractivity contribution is 5.67. The van der Waals surface area contributed by atoms with Crippen LogP contribution in [-0.2, 0) is 4.74 Å². The van der Waals surface area contributed by atoms with E-state index in [0.29, 0.717) is 18.6 Å². The third kappa shape index (κ3) is 5.47. The summed E-state index contributed by atoms with van der Waals surface area (Å²) >= 11 is 0. The SMILES string of the molecule is CC(C)(C)OC(=O)NCCNC1CCCC1C1CCCN1. The molecule has 0 radical (unpaired) electrons. The Bertz CT molecular complexity index is 335. The van der Waals surface area contributed by atoms with Gasteiger partial charge in [-0.05, 0) is 58.9 Å². The van der Waals surface area contributed by atoms with Crippen LogP contribution in [0.25, 0.3) is 0 Å². The lowest BCUT2D eigenvalue weighted by Crippen LogP contribution is -2.44. The van der Waals surface area contributed by atoms with Gasteiger partial charge < -0.3 is 20.7 Å². The molecule has 3 unspecified atom stereocenters. The predicted molar refractivity (Wildman–Crippen MR) is 84.4 cm³/mol. The minimum atomic E-state index is -0.428. The maximum Gasteiger partial charge on any atom is 0.407 e. The molecule has 0 aromatic carbocycles. The summed E-state index contributed by atoms with van der Waals surface area (Å²) in [7, 11) is 0. The number of carbonyl (C=O) groups excluding carboxylic acids is 1. The van der Waals surface area contributed by atoms with Crippen molar-refractivity contribution in [3.05, 3.63) is 0 Å². The Morgan fingerprint density at radius 1 is 1.19 bits per heavy atom. The van der Waals surface area contributed by atoms with Crippen LogP contribution in [0, 0.1) is 5.92 Å². The zero-order valence-corrected chi connectivity index (χ0v) is 13.7. The summed E-state index contributed by atoms with van der Waals surface area (Å²) < 4.78 is 5.22. The van der Waals surface area contributed by atoms with Gasteiger partial charge in [0.05, 0.1) is 0 Å². The van der Waals surface area contributed by atoms with E-state index in [4.69, 9.17) is 4.74 Å². The van der Waals surface area contributed by atoms with Crippen molar-refractivity contribution in [3.63, 3.8) is 0 Å². The highest BCUT2D eigenvalue weighted by Gasteiger charge is 2.34. The molecule has 2 rings (SSSR count). The zero-order valence-electron chi connectivity index (χ0n) is 13.7. The van der Waals surface area contributed by atoms with Crippen molar-refractivity contribution in [1.82, 2.24) is 16.0 Å². The van der Waals surface area contributed by atoms with Crippen molar-refractivity contribution in [2.45, 2.75) is 70.6 Å². The second kappa shape index (κ2) is 7.45. The average Bonchev–Trinajstić information content (AvgIpc) is 3.02. The topological polar surface area (TPSA) is 62.4 Å². The van der Waals surface area contributed by atoms with E-state index < -0.39 is 5.60 Å². The third-order valence-electron chi connectivity index (χ3n) is 4.38. The number of amides is 1. The highest BCUT2D eigenvalue weighted by atomic mass is 16.6. The Morgan fingerprint density at radius 2 is 2.00 bits per heavy atom. The minimum Gasteiger partial charge on any atom is -0.444 e. The second-order valence-electron chi connectivity index (χ2n) is 7.29. The summed E-state index contributed by atoms with van der Waals surface area (Å²) in [5, 5.41) is 10.1. The molecule has 1 saturated carbocycles. The molecule has 3 atom stereocenters. The second-order valence-corrected chi connectivity index (χ2v) is 7.29. The zero-order chi connectivity index (χ0) is 15.3. The summed E-state index contributed by atoms with van der Waals surface area (Å²) in [5.41, 5.74) is -0.428. The van der Waals surface area contributed by atoms with E-state index in [1.165, 1.54) is 38.6 Å². The molecule has 3 N–H and O–H groups in total. The van der Waals surface area contributed by atoms with Gasteiger partial charge in [0.15, 0.2) is 0 Å². The Labute approximate surface area is 128 Å². The van der Waals surface area contributed by atoms with Crippen molar-refractivity contribution in [2.75, 3.05) is 19.6 Å². The highest BCUT2D eigenvalue weighted by Crippen LogP contribution is 2.31. The Kier molecular flexibility index (Phi) is 5.88. The summed E-state index contributed by atoms with van der Waals surface area (Å²) in [6, 6.07) is 1.30. The number of hydrogen-bond donors (Lipinski definition) is 3. The summed E-state index contributed by atoms with van der Waals surface area (Å²) in [5.74, 6) is 0.758. The van der Waals surface area contributed by atoms with Gasteiger partial charge in [-0.25, -0.2) is 4.79 Å². The van der Waals surface area contributed by atoms with Crippen LogP contribution in [0.2, 0.25) is 0 Å². The molecule has 1 amide bonds. The fourth-order valence-electron chi connectivity index (χ4n) is 3.54. The molecule has 1 heterocycles. The third-order valence-corrected chi connectivity index (χ3v) is 4.38. The largest absolute Gasteiger partial charge is 0.444 e. The van der Waals surface area contributed by atoms with E-state index in [1.807, 2.05) is 20.8 Å². The Hall–Kier alpha value is -0.810. The molecule has 0 spiro atoms. The number of carbonyl (C=O) groups is 1. The van der Waals surface area contributed by atoms with Crippen molar-refractivity contribution in [2.24, 2.45) is 5.92 Å². The van der Waals surface area contributed by atoms with Crippen molar-refractivity contribution < 1.29 is 9.53 Å². The van der Waals surface area contributed by atoms with Crippen molar-refractivity contribution in [1.29, 1.82) is 0 Å². The number of rotatable bonds is 5. The van der Waals surface area contributed by atoms with Crippen molar-refractivity contribution in [3.8, 4) is 0 Å². The van der Waals surface area contributed by atoms with Gasteiger partial charge in [-0.1, -0.05) is 6.42 Å². The molecule has 122 valence electrons. The number of alkyl carbamates (subject to hydrolysis) is 1. The predicted octanol–water partition coefficient (Wildman–Crippen LogP) is 2.02. The molecule has 21 heavy (non-hydrogen) atoms. The van der Waals surface area contributed by atoms with Crippen LogP contribution in [0.3, 0.4) is 0 Å². The van der Waals surface area contributed by atoms with Gasteiger partial charge in [-0.15, -0.1) is 0 Å². The quantitative estimate of drug-likeness (QED) is 0.679. The summed E-state index contributed by atoms with van der Waals surface area (Å²) in [6.07, 6.45) is 6.21. The normalized spacial score (nSPS) is 29.6. The van der Waals surface area contributed by atoms with Gasteiger partial charge in [0.25, 0.3) is 0 Å². The van der Waals surface area contributed by atoms with Crippen LogP contribution in [0.15, 0.2) is 0 Å². The maximum atomic E-state index is 11.6. The molecule has 5 heteroatoms.